The largest absolute Gasteiger partial charge is 0.492 e. The molecule has 4 fully saturated rings. The summed E-state index contributed by atoms with van der Waals surface area (Å²) in [5.41, 5.74) is -0.281. The van der Waals surface area contributed by atoms with Gasteiger partial charge in [-0.2, -0.15) is 0 Å². The lowest BCUT2D eigenvalue weighted by Crippen LogP contribution is -2.58. The number of hydrogen-bond donors (Lipinski definition) is 2. The van der Waals surface area contributed by atoms with Crippen molar-refractivity contribution in [3.63, 3.8) is 0 Å². The van der Waals surface area contributed by atoms with Crippen LogP contribution < -0.4 is 20.4 Å². The van der Waals surface area contributed by atoms with Gasteiger partial charge in [0.2, 0.25) is 5.43 Å². The molecule has 2 N–H and O–H groups in total. The van der Waals surface area contributed by atoms with Gasteiger partial charge in [0.05, 0.1) is 18.0 Å². The number of ether oxygens (including phenoxy) is 1. The smallest absolute Gasteiger partial charge is 0.341 e. The summed E-state index contributed by atoms with van der Waals surface area (Å²) in [6.45, 7) is 3.81. The first-order valence-corrected chi connectivity index (χ1v) is 13.7. The van der Waals surface area contributed by atoms with Gasteiger partial charge < -0.3 is 29.5 Å². The average Bonchev–Trinajstić information content (AvgIpc) is 3.50. The Bertz CT molecular complexity index is 1340. The lowest BCUT2D eigenvalue weighted by Gasteiger charge is -2.43. The predicted molar refractivity (Wildman–Crippen MR) is 143 cm³/mol. The van der Waals surface area contributed by atoms with Gasteiger partial charge in [0, 0.05) is 44.0 Å². The molecule has 3 aliphatic carbocycles. The van der Waals surface area contributed by atoms with E-state index in [1.165, 1.54) is 45.1 Å². The van der Waals surface area contributed by atoms with E-state index in [-0.39, 0.29) is 28.8 Å². The topological polar surface area (TPSA) is 87.0 Å². The summed E-state index contributed by atoms with van der Waals surface area (Å²) >= 11 is 5.81. The molecule has 4 aliphatic rings. The second kappa shape index (κ2) is 9.15. The Balaban J connectivity index is 1.30. The zero-order valence-electron chi connectivity index (χ0n) is 21.2. The fraction of sp³-hybridized carbons (Fsp3) is 0.593. The van der Waals surface area contributed by atoms with Gasteiger partial charge in [0.1, 0.15) is 11.3 Å². The number of carboxylic acids is 1. The summed E-state index contributed by atoms with van der Waals surface area (Å²) in [6, 6.07) is 1.76. The third-order valence-corrected chi connectivity index (χ3v) is 9.18. The molecule has 0 spiro atoms. The van der Waals surface area contributed by atoms with Crippen molar-refractivity contribution in [3.05, 3.63) is 33.9 Å². The highest BCUT2D eigenvalue weighted by Crippen LogP contribution is 2.45. The molecule has 0 amide bonds. The molecule has 8 nitrogen and oxygen atoms in total. The summed E-state index contributed by atoms with van der Waals surface area (Å²) < 4.78 is 23.2. The maximum Gasteiger partial charge on any atom is 0.341 e. The minimum atomic E-state index is -1.32. The molecule has 6 rings (SSSR count). The number of thiocarbonyl (C=S) groups is 1. The molecule has 0 radical (unpaired) electrons. The zero-order valence-corrected chi connectivity index (χ0v) is 22.0. The number of aromatic carboxylic acids is 1. The molecule has 0 unspecified atom stereocenters. The Morgan fingerprint density at radius 3 is 2.59 bits per heavy atom. The number of anilines is 1. The standard InChI is InChI=1S/C27H33FN4O4S/c1-14-12-30(7-8-31(14)27(37)29-21-10-15-3-4-16(21)9-15)23-20(28)11-18-22(25(23)36-2)32(17-5-6-17)13-19(24(18)33)26(34)35/h11,13-17,21H,3-10,12H2,1-2H3,(H,29,37)(H,34,35)/t14-,15+,16-,21-/m1/s1. The molecule has 4 atom stereocenters. The van der Waals surface area contributed by atoms with E-state index in [4.69, 9.17) is 17.0 Å². The molecule has 1 aromatic carbocycles. The molecule has 3 saturated carbocycles. The molecule has 1 saturated heterocycles. The van der Waals surface area contributed by atoms with E-state index in [0.717, 1.165) is 29.8 Å². The lowest BCUT2D eigenvalue weighted by atomic mass is 9.95. The fourth-order valence-corrected chi connectivity index (χ4v) is 7.27. The molecule has 2 heterocycles. The normalized spacial score (nSPS) is 27.1. The molecule has 37 heavy (non-hydrogen) atoms. The first-order valence-electron chi connectivity index (χ1n) is 13.3. The van der Waals surface area contributed by atoms with Crippen molar-refractivity contribution in [1.29, 1.82) is 0 Å². The number of aromatic nitrogens is 1. The number of piperazine rings is 1. The highest BCUT2D eigenvalue weighted by atomic mass is 32.1. The molecule has 1 aliphatic heterocycles. The van der Waals surface area contributed by atoms with Crippen molar-refractivity contribution in [2.24, 2.45) is 11.8 Å². The van der Waals surface area contributed by atoms with Gasteiger partial charge in [-0.15, -0.1) is 0 Å². The first-order chi connectivity index (χ1) is 17.8. The minimum absolute atomic E-state index is 0.0350. The summed E-state index contributed by atoms with van der Waals surface area (Å²) in [6.07, 6.45) is 8.27. The van der Waals surface area contributed by atoms with E-state index in [2.05, 4.69) is 17.1 Å². The Morgan fingerprint density at radius 1 is 1.22 bits per heavy atom. The van der Waals surface area contributed by atoms with E-state index >= 15 is 4.39 Å². The number of methoxy groups -OCH3 is 1. The van der Waals surface area contributed by atoms with Crippen LogP contribution >= 0.6 is 12.2 Å². The van der Waals surface area contributed by atoms with E-state index in [9.17, 15) is 14.7 Å². The number of halogens is 1. The van der Waals surface area contributed by atoms with Crippen molar-refractivity contribution in [2.45, 2.75) is 63.6 Å². The van der Waals surface area contributed by atoms with Gasteiger partial charge in [-0.1, -0.05) is 6.42 Å². The number of benzene rings is 1. The third-order valence-electron chi connectivity index (χ3n) is 8.82. The monoisotopic (exact) mass is 528 g/mol. The summed E-state index contributed by atoms with van der Waals surface area (Å²) in [4.78, 5) is 28.8. The molecule has 198 valence electrons. The van der Waals surface area contributed by atoms with Gasteiger partial charge in [-0.05, 0) is 69.1 Å². The molecular weight excluding hydrogens is 495 g/mol. The second-order valence-corrected chi connectivity index (χ2v) is 11.6. The lowest BCUT2D eigenvalue weighted by molar-refractivity contribution is 0.0694. The average molecular weight is 529 g/mol. The number of carbonyl (C=O) groups is 1. The zero-order chi connectivity index (χ0) is 26.0. The van der Waals surface area contributed by atoms with E-state index in [0.29, 0.717) is 36.9 Å². The maximum absolute atomic E-state index is 15.7. The quantitative estimate of drug-likeness (QED) is 0.568. The number of hydrogen-bond acceptors (Lipinski definition) is 5. The summed E-state index contributed by atoms with van der Waals surface area (Å²) in [7, 11) is 1.47. The van der Waals surface area contributed by atoms with Crippen LogP contribution in [0.4, 0.5) is 10.1 Å². The van der Waals surface area contributed by atoms with Gasteiger partial charge >= 0.3 is 5.97 Å². The van der Waals surface area contributed by atoms with Crippen molar-refractivity contribution in [1.82, 2.24) is 14.8 Å². The molecule has 10 heteroatoms. The van der Waals surface area contributed by atoms with Gasteiger partial charge in [0.15, 0.2) is 16.7 Å². The number of rotatable bonds is 5. The Morgan fingerprint density at radius 2 is 2.00 bits per heavy atom. The second-order valence-electron chi connectivity index (χ2n) is 11.2. The van der Waals surface area contributed by atoms with E-state index in [1.807, 2.05) is 4.90 Å². The van der Waals surface area contributed by atoms with E-state index < -0.39 is 17.2 Å². The van der Waals surface area contributed by atoms with Crippen LogP contribution in [0.3, 0.4) is 0 Å². The Hall–Kier alpha value is -2.88. The molecule has 2 aromatic rings. The van der Waals surface area contributed by atoms with Crippen LogP contribution in [0.25, 0.3) is 10.9 Å². The van der Waals surface area contributed by atoms with Crippen LogP contribution in [0.1, 0.15) is 61.8 Å². The van der Waals surface area contributed by atoms with Crippen LogP contribution in [0.15, 0.2) is 17.1 Å². The highest BCUT2D eigenvalue weighted by molar-refractivity contribution is 7.80. The molecular formula is C27H33FN4O4S. The molecule has 1 aromatic heterocycles. The Kier molecular flexibility index (Phi) is 6.05. The van der Waals surface area contributed by atoms with Crippen LogP contribution in [0.5, 0.6) is 5.75 Å². The number of fused-ring (bicyclic) bond motifs is 3. The number of carboxylic acid groups (broad SMARTS) is 1. The van der Waals surface area contributed by atoms with Crippen molar-refractivity contribution in [3.8, 4) is 5.75 Å². The SMILES string of the molecule is COc1c(N2CCN(C(=S)N[C@@H]3C[C@H]4CC[C@@H]3C4)[C@H](C)C2)c(F)cc2c(=O)c(C(=O)O)cn(C3CC3)c12. The third kappa shape index (κ3) is 4.13. The maximum atomic E-state index is 15.7. The minimum Gasteiger partial charge on any atom is -0.492 e. The van der Waals surface area contributed by atoms with Crippen LogP contribution in [-0.2, 0) is 0 Å². The predicted octanol–water partition coefficient (Wildman–Crippen LogP) is 3.76. The van der Waals surface area contributed by atoms with Crippen LogP contribution in [0, 0.1) is 17.7 Å². The van der Waals surface area contributed by atoms with E-state index in [1.54, 1.807) is 4.57 Å². The Labute approximate surface area is 220 Å². The summed E-state index contributed by atoms with van der Waals surface area (Å²) in [5.74, 6) is -0.0672. The number of pyridine rings is 1. The highest BCUT2D eigenvalue weighted by Gasteiger charge is 2.41. The van der Waals surface area contributed by atoms with Crippen LogP contribution in [0.2, 0.25) is 0 Å². The number of nitrogens with zero attached hydrogens (tertiary/aromatic N) is 3. The van der Waals surface area contributed by atoms with Crippen molar-refractivity contribution in [2.75, 3.05) is 31.6 Å². The van der Waals surface area contributed by atoms with Crippen molar-refractivity contribution < 1.29 is 19.0 Å². The fourth-order valence-electron chi connectivity index (χ4n) is 6.85. The first kappa shape index (κ1) is 24.5. The number of nitrogens with one attached hydrogen (secondary N) is 1. The van der Waals surface area contributed by atoms with Crippen LogP contribution in [-0.4, -0.2) is 64.5 Å². The summed E-state index contributed by atoms with van der Waals surface area (Å²) in [5, 5.41) is 14.0. The van der Waals surface area contributed by atoms with Gasteiger partial charge in [0.25, 0.3) is 0 Å². The van der Waals surface area contributed by atoms with Gasteiger partial charge in [-0.25, -0.2) is 9.18 Å². The van der Waals surface area contributed by atoms with Gasteiger partial charge in [-0.3, -0.25) is 4.79 Å². The molecule has 2 bridgehead atoms. The van der Waals surface area contributed by atoms with Crippen molar-refractivity contribution >= 4 is 39.9 Å².